The summed E-state index contributed by atoms with van der Waals surface area (Å²) in [6, 6.07) is 10.3. The van der Waals surface area contributed by atoms with E-state index in [1.165, 1.54) is 0 Å². The summed E-state index contributed by atoms with van der Waals surface area (Å²) in [7, 11) is 3.30. The molecule has 3 aromatic heterocycles. The van der Waals surface area contributed by atoms with Crippen LogP contribution in [0.1, 0.15) is 63.2 Å². The molecular formula is C26H34N8O2. The molecule has 0 saturated heterocycles. The number of aromatic amines is 1. The van der Waals surface area contributed by atoms with Crippen LogP contribution >= 0.6 is 0 Å². The van der Waals surface area contributed by atoms with Crippen LogP contribution in [0.25, 0.3) is 22.5 Å². The first kappa shape index (κ1) is 25.6. The molecule has 0 aliphatic heterocycles. The molecule has 10 heteroatoms. The zero-order valence-electron chi connectivity index (χ0n) is 21.4. The van der Waals surface area contributed by atoms with E-state index in [-0.39, 0.29) is 0 Å². The molecule has 36 heavy (non-hydrogen) atoms. The second-order valence-corrected chi connectivity index (χ2v) is 8.74. The van der Waals surface area contributed by atoms with Crippen molar-refractivity contribution in [1.29, 1.82) is 0 Å². The van der Waals surface area contributed by atoms with Gasteiger partial charge in [-0.05, 0) is 34.0 Å². The molecule has 0 amide bonds. The number of hydrogen-bond acceptors (Lipinski definition) is 8. The molecule has 10 nitrogen and oxygen atoms in total. The van der Waals surface area contributed by atoms with Gasteiger partial charge in [0.05, 0.1) is 0 Å². The van der Waals surface area contributed by atoms with E-state index in [9.17, 15) is 0 Å². The quantitative estimate of drug-likeness (QED) is 0.214. The Morgan fingerprint density at radius 1 is 0.972 bits per heavy atom. The SMILES string of the molecule is CCCCCn1nc(C(CCC)(OC)OC)nc1Cc1ccc(-c2cnccc2-c2nnn[nH]2)cc1. The summed E-state index contributed by atoms with van der Waals surface area (Å²) in [5.74, 6) is 1.16. The largest absolute Gasteiger partial charge is 0.347 e. The number of nitrogens with one attached hydrogen (secondary N) is 1. The summed E-state index contributed by atoms with van der Waals surface area (Å²) in [4.78, 5) is 9.21. The van der Waals surface area contributed by atoms with Gasteiger partial charge in [0, 0.05) is 57.1 Å². The van der Waals surface area contributed by atoms with Crippen LogP contribution < -0.4 is 0 Å². The second-order valence-electron chi connectivity index (χ2n) is 8.74. The molecule has 0 aliphatic rings. The maximum atomic E-state index is 5.78. The third kappa shape index (κ3) is 5.50. The molecular weight excluding hydrogens is 456 g/mol. The number of nitrogens with zero attached hydrogens (tertiary/aromatic N) is 7. The predicted octanol–water partition coefficient (Wildman–Crippen LogP) is 4.55. The summed E-state index contributed by atoms with van der Waals surface area (Å²) in [5.41, 5.74) is 4.02. The molecule has 0 atom stereocenters. The van der Waals surface area contributed by atoms with Crippen molar-refractivity contribution < 1.29 is 9.47 Å². The fourth-order valence-corrected chi connectivity index (χ4v) is 4.36. The number of aryl methyl sites for hydroxylation is 1. The van der Waals surface area contributed by atoms with Crippen molar-refractivity contribution in [3.05, 3.63) is 59.9 Å². The van der Waals surface area contributed by atoms with Crippen LogP contribution in [-0.4, -0.2) is 54.6 Å². The van der Waals surface area contributed by atoms with E-state index in [1.54, 1.807) is 20.4 Å². The number of H-pyrrole nitrogens is 1. The molecule has 0 bridgehead atoms. The number of unbranched alkanes of at least 4 members (excludes halogenated alkanes) is 2. The number of methoxy groups -OCH3 is 2. The molecule has 0 fully saturated rings. The van der Waals surface area contributed by atoms with Gasteiger partial charge in [-0.2, -0.15) is 5.10 Å². The standard InChI is InChI=1S/C26H34N8O2/c1-5-7-8-16-34-23(28-25(31-34)26(35-3,36-4)14-6-2)17-19-9-11-20(12-10-19)22-18-27-15-13-21(22)24-29-32-33-30-24/h9-13,15,18H,5-8,14,16-17H2,1-4H3,(H,29,30,32,33). The number of pyridine rings is 1. The van der Waals surface area contributed by atoms with Gasteiger partial charge in [0.1, 0.15) is 5.82 Å². The highest BCUT2D eigenvalue weighted by Crippen LogP contribution is 2.31. The van der Waals surface area contributed by atoms with Crippen LogP contribution in [0.4, 0.5) is 0 Å². The van der Waals surface area contributed by atoms with E-state index >= 15 is 0 Å². The number of rotatable bonds is 13. The summed E-state index contributed by atoms with van der Waals surface area (Å²) in [5, 5.41) is 19.1. The number of aromatic nitrogens is 8. The van der Waals surface area contributed by atoms with Gasteiger partial charge in [0.2, 0.25) is 11.6 Å². The molecule has 1 aromatic carbocycles. The zero-order chi connectivity index (χ0) is 25.4. The molecule has 0 unspecified atom stereocenters. The van der Waals surface area contributed by atoms with Crippen molar-refractivity contribution in [2.45, 2.75) is 64.7 Å². The van der Waals surface area contributed by atoms with Gasteiger partial charge >= 0.3 is 0 Å². The Balaban J connectivity index is 1.61. The molecule has 0 radical (unpaired) electrons. The maximum Gasteiger partial charge on any atom is 0.231 e. The number of hydrogen-bond donors (Lipinski definition) is 1. The van der Waals surface area contributed by atoms with E-state index in [0.717, 1.165) is 60.3 Å². The van der Waals surface area contributed by atoms with Crippen molar-refractivity contribution >= 4 is 0 Å². The van der Waals surface area contributed by atoms with Crippen LogP contribution in [0, 0.1) is 0 Å². The topological polar surface area (TPSA) is 117 Å². The Bertz CT molecular complexity index is 1220. The van der Waals surface area contributed by atoms with Gasteiger partial charge in [0.25, 0.3) is 0 Å². The van der Waals surface area contributed by atoms with Crippen molar-refractivity contribution in [1.82, 2.24) is 40.4 Å². The highest BCUT2D eigenvalue weighted by atomic mass is 16.7. The van der Waals surface area contributed by atoms with Crippen LogP contribution in [0.5, 0.6) is 0 Å². The Labute approximate surface area is 211 Å². The van der Waals surface area contributed by atoms with Gasteiger partial charge in [-0.15, -0.1) is 5.10 Å². The van der Waals surface area contributed by atoms with Crippen molar-refractivity contribution in [3.8, 4) is 22.5 Å². The highest BCUT2D eigenvalue weighted by Gasteiger charge is 2.36. The Kier molecular flexibility index (Phi) is 8.50. The van der Waals surface area contributed by atoms with Crippen LogP contribution in [0.2, 0.25) is 0 Å². The minimum absolute atomic E-state index is 0.582. The lowest BCUT2D eigenvalue weighted by molar-refractivity contribution is -0.225. The van der Waals surface area contributed by atoms with Gasteiger partial charge in [-0.1, -0.05) is 57.4 Å². The average Bonchev–Trinajstić information content (AvgIpc) is 3.59. The van der Waals surface area contributed by atoms with Crippen LogP contribution in [-0.2, 0) is 28.2 Å². The Morgan fingerprint density at radius 3 is 2.44 bits per heavy atom. The first-order valence-electron chi connectivity index (χ1n) is 12.5. The van der Waals surface area contributed by atoms with E-state index < -0.39 is 5.79 Å². The third-order valence-electron chi connectivity index (χ3n) is 6.35. The summed E-state index contributed by atoms with van der Waals surface area (Å²) < 4.78 is 13.6. The highest BCUT2D eigenvalue weighted by molar-refractivity contribution is 5.79. The van der Waals surface area contributed by atoms with Crippen molar-refractivity contribution in [3.63, 3.8) is 0 Å². The zero-order valence-corrected chi connectivity index (χ0v) is 21.4. The van der Waals surface area contributed by atoms with E-state index in [2.05, 4.69) is 63.7 Å². The van der Waals surface area contributed by atoms with Gasteiger partial charge in [-0.3, -0.25) is 4.98 Å². The van der Waals surface area contributed by atoms with Crippen LogP contribution in [0.15, 0.2) is 42.7 Å². The fraction of sp³-hybridized carbons (Fsp3) is 0.462. The van der Waals surface area contributed by atoms with E-state index in [1.807, 2.05) is 16.9 Å². The summed E-state index contributed by atoms with van der Waals surface area (Å²) >= 11 is 0. The average molecular weight is 491 g/mol. The summed E-state index contributed by atoms with van der Waals surface area (Å²) in [6.07, 6.45) is 9.13. The summed E-state index contributed by atoms with van der Waals surface area (Å²) in [6.45, 7) is 5.11. The molecule has 190 valence electrons. The minimum atomic E-state index is -0.935. The molecule has 0 spiro atoms. The lowest BCUT2D eigenvalue weighted by Crippen LogP contribution is -2.32. The molecule has 0 saturated carbocycles. The molecule has 1 N–H and O–H groups in total. The molecule has 4 aromatic rings. The Morgan fingerprint density at radius 2 is 1.78 bits per heavy atom. The van der Waals surface area contributed by atoms with Crippen LogP contribution in [0.3, 0.4) is 0 Å². The fourth-order valence-electron chi connectivity index (χ4n) is 4.36. The normalized spacial score (nSPS) is 11.8. The van der Waals surface area contributed by atoms with Crippen molar-refractivity contribution in [2.24, 2.45) is 0 Å². The lowest BCUT2D eigenvalue weighted by Gasteiger charge is -2.27. The minimum Gasteiger partial charge on any atom is -0.347 e. The number of ether oxygens (including phenoxy) is 2. The smallest absolute Gasteiger partial charge is 0.231 e. The predicted molar refractivity (Wildman–Crippen MR) is 136 cm³/mol. The Hall–Kier alpha value is -3.50. The number of benzene rings is 1. The first-order valence-corrected chi connectivity index (χ1v) is 12.5. The molecule has 4 rings (SSSR count). The monoisotopic (exact) mass is 490 g/mol. The third-order valence-corrected chi connectivity index (χ3v) is 6.35. The number of tetrazole rings is 1. The van der Waals surface area contributed by atoms with Gasteiger partial charge in [0.15, 0.2) is 5.82 Å². The maximum absolute atomic E-state index is 5.78. The first-order chi connectivity index (χ1) is 17.6. The van der Waals surface area contributed by atoms with E-state index in [4.69, 9.17) is 19.6 Å². The van der Waals surface area contributed by atoms with E-state index in [0.29, 0.717) is 24.5 Å². The lowest BCUT2D eigenvalue weighted by atomic mass is 9.99. The van der Waals surface area contributed by atoms with Gasteiger partial charge in [-0.25, -0.2) is 14.8 Å². The van der Waals surface area contributed by atoms with Crippen molar-refractivity contribution in [2.75, 3.05) is 14.2 Å². The van der Waals surface area contributed by atoms with Gasteiger partial charge < -0.3 is 9.47 Å². The molecule has 0 aliphatic carbocycles. The second kappa shape index (κ2) is 12.0. The molecule has 3 heterocycles.